The highest BCUT2D eigenvalue weighted by molar-refractivity contribution is 14.1. The molecule has 1 heterocycles. The van der Waals surface area contributed by atoms with Crippen LogP contribution in [0.2, 0.25) is 0 Å². The van der Waals surface area contributed by atoms with Crippen molar-refractivity contribution in [2.24, 2.45) is 0 Å². The van der Waals surface area contributed by atoms with Crippen LogP contribution in [0.15, 0.2) is 12.1 Å². The van der Waals surface area contributed by atoms with E-state index >= 15 is 0 Å². The Morgan fingerprint density at radius 3 is 2.75 bits per heavy atom. The molecule has 0 radical (unpaired) electrons. The summed E-state index contributed by atoms with van der Waals surface area (Å²) in [7, 11) is 0. The van der Waals surface area contributed by atoms with Gasteiger partial charge in [-0.25, -0.2) is 9.37 Å². The average Bonchev–Trinajstić information content (AvgIpc) is 2.75. The molecule has 2 unspecified atom stereocenters. The SMILES string of the molecule is CCSCC(C)n1c(C(C)Cl)nc2cc(I)c(F)cc21. The van der Waals surface area contributed by atoms with Crippen LogP contribution >= 0.6 is 46.0 Å². The Labute approximate surface area is 141 Å². The van der Waals surface area contributed by atoms with Gasteiger partial charge in [0.1, 0.15) is 11.6 Å². The third-order valence-corrected chi connectivity index (χ3v) is 5.27. The lowest BCUT2D eigenvalue weighted by atomic mass is 10.2. The minimum atomic E-state index is -0.205. The van der Waals surface area contributed by atoms with Gasteiger partial charge in [0.2, 0.25) is 0 Å². The first-order chi connectivity index (χ1) is 9.45. The minimum Gasteiger partial charge on any atom is -0.323 e. The molecule has 0 aliphatic carbocycles. The first kappa shape index (κ1) is 16.4. The molecule has 110 valence electrons. The van der Waals surface area contributed by atoms with Gasteiger partial charge in [-0.3, -0.25) is 0 Å². The molecule has 1 aromatic heterocycles. The van der Waals surface area contributed by atoms with Gasteiger partial charge in [-0.1, -0.05) is 6.92 Å². The summed E-state index contributed by atoms with van der Waals surface area (Å²) in [6.07, 6.45) is 0. The minimum absolute atomic E-state index is 0.197. The Bertz CT molecular complexity index is 615. The van der Waals surface area contributed by atoms with Crippen LogP contribution in [0.3, 0.4) is 0 Å². The van der Waals surface area contributed by atoms with Crippen LogP contribution in [0.1, 0.15) is 38.0 Å². The molecular weight excluding hydrogens is 410 g/mol. The quantitative estimate of drug-likeness (QED) is 0.471. The fraction of sp³-hybridized carbons (Fsp3) is 0.500. The number of fused-ring (bicyclic) bond motifs is 1. The molecule has 0 N–H and O–H groups in total. The number of benzene rings is 1. The number of hydrogen-bond acceptors (Lipinski definition) is 2. The Morgan fingerprint density at radius 2 is 2.15 bits per heavy atom. The normalized spacial score (nSPS) is 14.7. The van der Waals surface area contributed by atoms with E-state index in [1.165, 1.54) is 0 Å². The highest BCUT2D eigenvalue weighted by Crippen LogP contribution is 2.31. The van der Waals surface area contributed by atoms with Crippen LogP contribution in [-0.4, -0.2) is 21.1 Å². The Balaban J connectivity index is 2.58. The highest BCUT2D eigenvalue weighted by Gasteiger charge is 2.20. The van der Waals surface area contributed by atoms with Crippen LogP contribution in [0.5, 0.6) is 0 Å². The maximum Gasteiger partial charge on any atom is 0.138 e. The zero-order valence-electron chi connectivity index (χ0n) is 11.7. The van der Waals surface area contributed by atoms with Crippen LogP contribution in [0.25, 0.3) is 11.0 Å². The average molecular weight is 427 g/mol. The number of nitrogens with zero attached hydrogens (tertiary/aromatic N) is 2. The lowest BCUT2D eigenvalue weighted by Crippen LogP contribution is -2.12. The number of rotatable bonds is 5. The monoisotopic (exact) mass is 426 g/mol. The molecule has 6 heteroatoms. The number of hydrogen-bond donors (Lipinski definition) is 0. The van der Waals surface area contributed by atoms with Crippen molar-refractivity contribution in [1.29, 1.82) is 0 Å². The number of thioether (sulfide) groups is 1. The van der Waals surface area contributed by atoms with Crippen molar-refractivity contribution >= 4 is 57.0 Å². The molecule has 2 atom stereocenters. The standard InChI is InChI=1S/C14H17ClFIN2S/c1-4-20-7-8(2)19-13-5-10(16)11(17)6-12(13)18-14(19)9(3)15/h5-6,8-9H,4,7H2,1-3H3. The van der Waals surface area contributed by atoms with Gasteiger partial charge in [0.05, 0.1) is 20.0 Å². The van der Waals surface area contributed by atoms with Gasteiger partial charge in [0, 0.05) is 17.9 Å². The van der Waals surface area contributed by atoms with Gasteiger partial charge in [-0.15, -0.1) is 11.6 Å². The summed E-state index contributed by atoms with van der Waals surface area (Å²) in [6.45, 7) is 6.17. The second-order valence-corrected chi connectivity index (χ2v) is 7.86. The molecule has 0 amide bonds. The van der Waals surface area contributed by atoms with Crippen LogP contribution in [0, 0.1) is 9.39 Å². The fourth-order valence-corrected chi connectivity index (χ4v) is 3.55. The van der Waals surface area contributed by atoms with E-state index in [0.717, 1.165) is 28.4 Å². The van der Waals surface area contributed by atoms with Gasteiger partial charge in [-0.05, 0) is 48.3 Å². The van der Waals surface area contributed by atoms with Gasteiger partial charge in [0.25, 0.3) is 0 Å². The summed E-state index contributed by atoms with van der Waals surface area (Å²) in [4.78, 5) is 4.59. The predicted octanol–water partition coefficient (Wildman–Crippen LogP) is 5.39. The number of halogens is 3. The summed E-state index contributed by atoms with van der Waals surface area (Å²) in [5.41, 5.74) is 1.64. The van der Waals surface area contributed by atoms with E-state index in [-0.39, 0.29) is 17.2 Å². The first-order valence-corrected chi connectivity index (χ1v) is 9.21. The van der Waals surface area contributed by atoms with E-state index in [1.54, 1.807) is 12.1 Å². The lowest BCUT2D eigenvalue weighted by molar-refractivity contribution is 0.588. The van der Waals surface area contributed by atoms with Crippen molar-refractivity contribution < 1.29 is 4.39 Å². The molecule has 2 nitrogen and oxygen atoms in total. The van der Waals surface area contributed by atoms with E-state index in [9.17, 15) is 4.39 Å². The number of aromatic nitrogens is 2. The maximum absolute atomic E-state index is 13.9. The topological polar surface area (TPSA) is 17.8 Å². The van der Waals surface area contributed by atoms with Crippen molar-refractivity contribution in [1.82, 2.24) is 9.55 Å². The summed E-state index contributed by atoms with van der Waals surface area (Å²) in [5, 5.41) is -0.197. The third-order valence-electron chi connectivity index (χ3n) is 3.12. The van der Waals surface area contributed by atoms with Gasteiger partial charge < -0.3 is 4.57 Å². The Hall–Kier alpha value is -0.0100. The van der Waals surface area contributed by atoms with Crippen LogP contribution in [0.4, 0.5) is 4.39 Å². The van der Waals surface area contributed by atoms with Crippen molar-refractivity contribution in [3.05, 3.63) is 27.3 Å². The summed E-state index contributed by atoms with van der Waals surface area (Å²) < 4.78 is 16.5. The molecule has 2 aromatic rings. The van der Waals surface area contributed by atoms with Crippen molar-refractivity contribution in [3.63, 3.8) is 0 Å². The van der Waals surface area contributed by atoms with Crippen molar-refractivity contribution in [3.8, 4) is 0 Å². The molecule has 20 heavy (non-hydrogen) atoms. The second-order valence-electron chi connectivity index (χ2n) is 4.72. The van der Waals surface area contributed by atoms with E-state index in [2.05, 4.69) is 23.4 Å². The van der Waals surface area contributed by atoms with E-state index in [0.29, 0.717) is 3.57 Å². The van der Waals surface area contributed by atoms with Gasteiger partial charge in [0.15, 0.2) is 0 Å². The largest absolute Gasteiger partial charge is 0.323 e. The summed E-state index contributed by atoms with van der Waals surface area (Å²) >= 11 is 10.1. The molecule has 0 aliphatic rings. The fourth-order valence-electron chi connectivity index (χ4n) is 2.22. The molecule has 0 spiro atoms. The molecule has 0 aliphatic heterocycles. The smallest absolute Gasteiger partial charge is 0.138 e. The van der Waals surface area contributed by atoms with Crippen LogP contribution in [-0.2, 0) is 0 Å². The number of alkyl halides is 1. The molecule has 0 fully saturated rings. The maximum atomic E-state index is 13.9. The summed E-state index contributed by atoms with van der Waals surface area (Å²) in [6, 6.07) is 3.59. The van der Waals surface area contributed by atoms with Crippen LogP contribution < -0.4 is 0 Å². The lowest BCUT2D eigenvalue weighted by Gasteiger charge is -2.18. The van der Waals surface area contributed by atoms with Crippen molar-refractivity contribution in [2.75, 3.05) is 11.5 Å². The highest BCUT2D eigenvalue weighted by atomic mass is 127. The van der Waals surface area contributed by atoms with Gasteiger partial charge in [-0.2, -0.15) is 11.8 Å². The van der Waals surface area contributed by atoms with E-state index < -0.39 is 0 Å². The number of imidazole rings is 1. The Morgan fingerprint density at radius 1 is 1.45 bits per heavy atom. The van der Waals surface area contributed by atoms with E-state index in [1.807, 2.05) is 41.3 Å². The predicted molar refractivity (Wildman–Crippen MR) is 94.4 cm³/mol. The molecule has 0 saturated heterocycles. The molecular formula is C14H17ClFIN2S. The Kier molecular flexibility index (Phi) is 5.59. The molecule has 1 aromatic carbocycles. The first-order valence-electron chi connectivity index (χ1n) is 6.54. The van der Waals surface area contributed by atoms with E-state index in [4.69, 9.17) is 11.6 Å². The molecule has 0 saturated carbocycles. The zero-order chi connectivity index (χ0) is 14.9. The van der Waals surface area contributed by atoms with Gasteiger partial charge >= 0.3 is 0 Å². The second kappa shape index (κ2) is 6.83. The van der Waals surface area contributed by atoms with Crippen molar-refractivity contribution in [2.45, 2.75) is 32.2 Å². The molecule has 0 bridgehead atoms. The molecule has 2 rings (SSSR count). The zero-order valence-corrected chi connectivity index (χ0v) is 15.4. The summed E-state index contributed by atoms with van der Waals surface area (Å²) in [5.74, 6) is 2.64. The third kappa shape index (κ3) is 3.25.